The van der Waals surface area contributed by atoms with Crippen LogP contribution in [-0.4, -0.2) is 34.1 Å². The van der Waals surface area contributed by atoms with Crippen molar-refractivity contribution in [1.82, 2.24) is 14.9 Å². The molecule has 1 unspecified atom stereocenters. The Morgan fingerprint density at radius 2 is 2.04 bits per heavy atom. The largest absolute Gasteiger partial charge is 0.445 e. The topological polar surface area (TPSA) is 55.3 Å². The minimum Gasteiger partial charge on any atom is -0.445 e. The van der Waals surface area contributed by atoms with Gasteiger partial charge in [-0.15, -0.1) is 0 Å². The smallest absolute Gasteiger partial charge is 0.410 e. The first kappa shape index (κ1) is 16.0. The van der Waals surface area contributed by atoms with E-state index < -0.39 is 0 Å². The van der Waals surface area contributed by atoms with E-state index in [1.54, 1.807) is 11.0 Å². The van der Waals surface area contributed by atoms with Gasteiger partial charge in [-0.25, -0.2) is 14.8 Å². The number of benzene rings is 1. The third-order valence-corrected chi connectivity index (χ3v) is 4.12. The molecule has 3 rings (SSSR count). The molecule has 1 aliphatic heterocycles. The lowest BCUT2D eigenvalue weighted by Gasteiger charge is -2.16. The maximum absolute atomic E-state index is 12.1. The molecule has 120 valence electrons. The number of halogens is 2. The van der Waals surface area contributed by atoms with Crippen LogP contribution in [0.4, 0.5) is 4.79 Å². The summed E-state index contributed by atoms with van der Waals surface area (Å²) in [7, 11) is 0. The van der Waals surface area contributed by atoms with E-state index in [1.807, 2.05) is 30.3 Å². The van der Waals surface area contributed by atoms with E-state index in [0.717, 1.165) is 17.7 Å². The molecule has 0 N–H and O–H groups in total. The number of hydrogen-bond donors (Lipinski definition) is 0. The first-order valence-corrected chi connectivity index (χ1v) is 8.03. The Labute approximate surface area is 144 Å². The molecule has 2 aromatic rings. The summed E-state index contributed by atoms with van der Waals surface area (Å²) in [6, 6.07) is 11.3. The van der Waals surface area contributed by atoms with Gasteiger partial charge >= 0.3 is 6.09 Å². The fourth-order valence-corrected chi connectivity index (χ4v) is 3.02. The van der Waals surface area contributed by atoms with Crippen LogP contribution in [0.1, 0.15) is 23.6 Å². The van der Waals surface area contributed by atoms with Gasteiger partial charge in [-0.3, -0.25) is 0 Å². The molecule has 1 aliphatic rings. The van der Waals surface area contributed by atoms with Gasteiger partial charge in [-0.1, -0.05) is 41.9 Å². The zero-order chi connectivity index (χ0) is 16.2. The van der Waals surface area contributed by atoms with Crippen molar-refractivity contribution in [3.8, 4) is 0 Å². The summed E-state index contributed by atoms with van der Waals surface area (Å²) < 4.78 is 5.35. The second-order valence-corrected chi connectivity index (χ2v) is 6.08. The van der Waals surface area contributed by atoms with Crippen molar-refractivity contribution in [2.75, 3.05) is 13.1 Å². The molecule has 7 heteroatoms. The van der Waals surface area contributed by atoms with E-state index in [1.165, 1.54) is 0 Å². The SMILES string of the molecule is O=C(OCc1ccccc1)N1CCC(c2cc(Cl)nc(Cl)n2)C1. The summed E-state index contributed by atoms with van der Waals surface area (Å²) in [5.74, 6) is 0.0947. The molecular formula is C16H15Cl2N3O2. The number of aromatic nitrogens is 2. The average molecular weight is 352 g/mol. The van der Waals surface area contributed by atoms with E-state index in [-0.39, 0.29) is 23.9 Å². The van der Waals surface area contributed by atoms with Crippen LogP contribution in [0.25, 0.3) is 0 Å². The van der Waals surface area contributed by atoms with Gasteiger partial charge in [0.25, 0.3) is 0 Å². The maximum atomic E-state index is 12.1. The Morgan fingerprint density at radius 3 is 2.78 bits per heavy atom. The Kier molecular flexibility index (Phi) is 4.98. The molecule has 5 nitrogen and oxygen atoms in total. The molecule has 23 heavy (non-hydrogen) atoms. The monoisotopic (exact) mass is 351 g/mol. The molecule has 0 bridgehead atoms. The lowest BCUT2D eigenvalue weighted by molar-refractivity contribution is 0.104. The van der Waals surface area contributed by atoms with Gasteiger partial charge in [0.2, 0.25) is 5.28 Å². The molecule has 1 aromatic carbocycles. The summed E-state index contributed by atoms with van der Waals surface area (Å²) >= 11 is 11.7. The number of carbonyl (C=O) groups is 1. The normalized spacial score (nSPS) is 17.3. The molecule has 1 aromatic heterocycles. The maximum Gasteiger partial charge on any atom is 0.410 e. The second kappa shape index (κ2) is 7.15. The second-order valence-electron chi connectivity index (χ2n) is 5.36. The van der Waals surface area contributed by atoms with Crippen molar-refractivity contribution in [3.05, 3.63) is 58.1 Å². The summed E-state index contributed by atoms with van der Waals surface area (Å²) in [6.45, 7) is 1.43. The molecule has 1 saturated heterocycles. The molecular weight excluding hydrogens is 337 g/mol. The van der Waals surface area contributed by atoms with Gasteiger partial charge in [0.05, 0.1) is 5.69 Å². The fraction of sp³-hybridized carbons (Fsp3) is 0.312. The minimum atomic E-state index is -0.317. The first-order chi connectivity index (χ1) is 11.1. The molecule has 1 amide bonds. The van der Waals surface area contributed by atoms with Crippen LogP contribution < -0.4 is 0 Å². The molecule has 0 aliphatic carbocycles. The summed E-state index contributed by atoms with van der Waals surface area (Å²) in [5.41, 5.74) is 1.72. The van der Waals surface area contributed by atoms with Gasteiger partial charge in [-0.2, -0.15) is 0 Å². The predicted molar refractivity (Wildman–Crippen MR) is 87.6 cm³/mol. The molecule has 0 radical (unpaired) electrons. The number of likely N-dealkylation sites (tertiary alicyclic amines) is 1. The van der Waals surface area contributed by atoms with E-state index in [0.29, 0.717) is 18.2 Å². The molecule has 2 heterocycles. The predicted octanol–water partition coefficient (Wildman–Crippen LogP) is 3.91. The van der Waals surface area contributed by atoms with Gasteiger partial charge < -0.3 is 9.64 Å². The Hall–Kier alpha value is -1.85. The van der Waals surface area contributed by atoms with Crippen molar-refractivity contribution in [2.24, 2.45) is 0 Å². The van der Waals surface area contributed by atoms with E-state index >= 15 is 0 Å². The fourth-order valence-electron chi connectivity index (χ4n) is 2.59. The number of amides is 1. The number of hydrogen-bond acceptors (Lipinski definition) is 4. The zero-order valence-electron chi connectivity index (χ0n) is 12.3. The van der Waals surface area contributed by atoms with E-state index in [9.17, 15) is 4.79 Å². The zero-order valence-corrected chi connectivity index (χ0v) is 13.8. The van der Waals surface area contributed by atoms with Gasteiger partial charge in [0, 0.05) is 19.0 Å². The summed E-state index contributed by atoms with van der Waals surface area (Å²) in [4.78, 5) is 21.9. The van der Waals surface area contributed by atoms with Gasteiger partial charge in [-0.05, 0) is 29.7 Å². The minimum absolute atomic E-state index is 0.0947. The van der Waals surface area contributed by atoms with Gasteiger partial charge in [0.15, 0.2) is 0 Å². The van der Waals surface area contributed by atoms with Crippen LogP contribution in [0.2, 0.25) is 10.4 Å². The van der Waals surface area contributed by atoms with Crippen molar-refractivity contribution in [2.45, 2.75) is 18.9 Å². The molecule has 1 fully saturated rings. The highest BCUT2D eigenvalue weighted by atomic mass is 35.5. The Balaban J connectivity index is 1.57. The van der Waals surface area contributed by atoms with Crippen LogP contribution in [0.15, 0.2) is 36.4 Å². The Bertz CT molecular complexity index is 677. The average Bonchev–Trinajstić information content (AvgIpc) is 3.03. The Morgan fingerprint density at radius 1 is 1.26 bits per heavy atom. The highest BCUT2D eigenvalue weighted by Crippen LogP contribution is 2.28. The summed E-state index contributed by atoms with van der Waals surface area (Å²) in [6.07, 6.45) is 0.479. The number of nitrogens with zero attached hydrogens (tertiary/aromatic N) is 3. The third-order valence-electron chi connectivity index (χ3n) is 3.76. The van der Waals surface area contributed by atoms with Crippen LogP contribution in [0, 0.1) is 0 Å². The highest BCUT2D eigenvalue weighted by Gasteiger charge is 2.29. The molecule has 1 atom stereocenters. The molecule has 0 saturated carbocycles. The number of rotatable bonds is 3. The van der Waals surface area contributed by atoms with Crippen LogP contribution in [0.5, 0.6) is 0 Å². The first-order valence-electron chi connectivity index (χ1n) is 7.27. The van der Waals surface area contributed by atoms with Crippen LogP contribution in [-0.2, 0) is 11.3 Å². The van der Waals surface area contributed by atoms with Crippen molar-refractivity contribution in [3.63, 3.8) is 0 Å². The lowest BCUT2D eigenvalue weighted by atomic mass is 10.1. The van der Waals surface area contributed by atoms with Crippen molar-refractivity contribution < 1.29 is 9.53 Å². The standard InChI is InChI=1S/C16H15Cl2N3O2/c17-14-8-13(19-15(18)20-14)12-6-7-21(9-12)16(22)23-10-11-4-2-1-3-5-11/h1-5,8,12H,6-7,9-10H2. The van der Waals surface area contributed by atoms with Crippen LogP contribution in [0.3, 0.4) is 0 Å². The van der Waals surface area contributed by atoms with Crippen molar-refractivity contribution >= 4 is 29.3 Å². The third kappa shape index (κ3) is 4.12. The highest BCUT2D eigenvalue weighted by molar-refractivity contribution is 6.31. The molecule has 0 spiro atoms. The van der Waals surface area contributed by atoms with E-state index in [4.69, 9.17) is 27.9 Å². The summed E-state index contributed by atoms with van der Waals surface area (Å²) in [5, 5.41) is 0.433. The van der Waals surface area contributed by atoms with Crippen molar-refractivity contribution in [1.29, 1.82) is 0 Å². The van der Waals surface area contributed by atoms with Crippen LogP contribution >= 0.6 is 23.2 Å². The quantitative estimate of drug-likeness (QED) is 0.621. The lowest BCUT2D eigenvalue weighted by Crippen LogP contribution is -2.29. The van der Waals surface area contributed by atoms with Gasteiger partial charge in [0.1, 0.15) is 11.8 Å². The van der Waals surface area contributed by atoms with E-state index in [2.05, 4.69) is 9.97 Å². The number of carbonyl (C=O) groups excluding carboxylic acids is 1. The number of ether oxygens (including phenoxy) is 1.